The number of nitrogens with zero attached hydrogens (tertiary/aromatic N) is 1. The summed E-state index contributed by atoms with van der Waals surface area (Å²) in [5.41, 5.74) is 7.13. The van der Waals surface area contributed by atoms with Crippen molar-refractivity contribution in [3.63, 3.8) is 0 Å². The average molecular weight is 406 g/mol. The molecule has 0 spiro atoms. The third-order valence-corrected chi connectivity index (χ3v) is 5.77. The number of nitrogens with one attached hydrogen (secondary N) is 1. The van der Waals surface area contributed by atoms with Gasteiger partial charge in [0, 0.05) is 16.8 Å². The molecular weight excluding hydrogens is 384 g/mol. The van der Waals surface area contributed by atoms with Gasteiger partial charge in [0.2, 0.25) is 5.89 Å². The third kappa shape index (κ3) is 3.46. The molecule has 1 amide bonds. The fourth-order valence-electron chi connectivity index (χ4n) is 3.81. The standard InChI is InChI=1S/C27H22N2O2/c1-16-11-12-20(27-29-24-13-17(2)18(3)14-25(24)31-27)15-23(16)28-26(30)22-10-6-8-19-7-4-5-9-21(19)22/h4-15H,1-3H3,(H,28,30). The lowest BCUT2D eigenvalue weighted by Crippen LogP contribution is -2.13. The summed E-state index contributed by atoms with van der Waals surface area (Å²) in [6.07, 6.45) is 0. The van der Waals surface area contributed by atoms with E-state index in [-0.39, 0.29) is 5.91 Å². The Kier molecular flexibility index (Phi) is 4.55. The molecule has 5 rings (SSSR count). The Morgan fingerprint density at radius 2 is 1.61 bits per heavy atom. The van der Waals surface area contributed by atoms with E-state index in [0.29, 0.717) is 11.5 Å². The lowest BCUT2D eigenvalue weighted by molar-refractivity contribution is 0.102. The van der Waals surface area contributed by atoms with E-state index in [0.717, 1.165) is 38.7 Å². The minimum atomic E-state index is -0.138. The van der Waals surface area contributed by atoms with Gasteiger partial charge in [0.25, 0.3) is 5.91 Å². The van der Waals surface area contributed by atoms with Crippen LogP contribution in [0.3, 0.4) is 0 Å². The van der Waals surface area contributed by atoms with Crippen molar-refractivity contribution in [1.29, 1.82) is 0 Å². The SMILES string of the molecule is Cc1cc2nc(-c3ccc(C)c(NC(=O)c4cccc5ccccc45)c3)oc2cc1C. The van der Waals surface area contributed by atoms with Gasteiger partial charge < -0.3 is 9.73 Å². The normalized spacial score (nSPS) is 11.2. The molecule has 0 aliphatic carbocycles. The summed E-state index contributed by atoms with van der Waals surface area (Å²) in [6, 6.07) is 23.6. The van der Waals surface area contributed by atoms with Gasteiger partial charge in [-0.1, -0.05) is 42.5 Å². The summed E-state index contributed by atoms with van der Waals surface area (Å²) in [6.45, 7) is 6.10. The lowest BCUT2D eigenvalue weighted by atomic mass is 10.0. The number of benzene rings is 4. The first-order chi connectivity index (χ1) is 15.0. The van der Waals surface area contributed by atoms with Crippen LogP contribution in [0.5, 0.6) is 0 Å². The van der Waals surface area contributed by atoms with Crippen LogP contribution in [0, 0.1) is 20.8 Å². The number of aromatic nitrogens is 1. The van der Waals surface area contributed by atoms with E-state index in [4.69, 9.17) is 4.42 Å². The summed E-state index contributed by atoms with van der Waals surface area (Å²) < 4.78 is 6.01. The number of anilines is 1. The number of hydrogen-bond acceptors (Lipinski definition) is 3. The highest BCUT2D eigenvalue weighted by molar-refractivity contribution is 6.13. The van der Waals surface area contributed by atoms with E-state index in [9.17, 15) is 4.79 Å². The predicted octanol–water partition coefficient (Wildman–Crippen LogP) is 6.83. The van der Waals surface area contributed by atoms with Crippen LogP contribution in [0.15, 0.2) is 77.2 Å². The maximum atomic E-state index is 13.1. The summed E-state index contributed by atoms with van der Waals surface area (Å²) in [5, 5.41) is 5.04. The van der Waals surface area contributed by atoms with E-state index in [2.05, 4.69) is 24.1 Å². The van der Waals surface area contributed by atoms with Crippen LogP contribution < -0.4 is 5.32 Å². The van der Waals surface area contributed by atoms with Gasteiger partial charge in [0.05, 0.1) is 0 Å². The molecule has 0 bridgehead atoms. The first-order valence-corrected chi connectivity index (χ1v) is 10.3. The molecule has 0 fully saturated rings. The Balaban J connectivity index is 1.51. The molecule has 31 heavy (non-hydrogen) atoms. The van der Waals surface area contributed by atoms with Gasteiger partial charge in [-0.05, 0) is 78.6 Å². The number of oxazole rings is 1. The fourth-order valence-corrected chi connectivity index (χ4v) is 3.81. The summed E-state index contributed by atoms with van der Waals surface area (Å²) in [5.74, 6) is 0.404. The van der Waals surface area contributed by atoms with Crippen molar-refractivity contribution in [2.24, 2.45) is 0 Å². The maximum Gasteiger partial charge on any atom is 0.256 e. The van der Waals surface area contributed by atoms with E-state index in [1.807, 2.05) is 79.7 Å². The number of amides is 1. The molecule has 0 saturated heterocycles. The molecular formula is C27H22N2O2. The van der Waals surface area contributed by atoms with Crippen molar-refractivity contribution < 1.29 is 9.21 Å². The van der Waals surface area contributed by atoms with Crippen LogP contribution in [-0.4, -0.2) is 10.9 Å². The van der Waals surface area contributed by atoms with Gasteiger partial charge in [-0.25, -0.2) is 4.98 Å². The number of aryl methyl sites for hydroxylation is 3. The zero-order valence-corrected chi connectivity index (χ0v) is 17.7. The highest BCUT2D eigenvalue weighted by atomic mass is 16.3. The molecule has 0 unspecified atom stereocenters. The topological polar surface area (TPSA) is 55.1 Å². The number of hydrogen-bond donors (Lipinski definition) is 1. The van der Waals surface area contributed by atoms with Gasteiger partial charge in [-0.2, -0.15) is 0 Å². The monoisotopic (exact) mass is 406 g/mol. The van der Waals surface area contributed by atoms with Crippen LogP contribution in [0.4, 0.5) is 5.69 Å². The maximum absolute atomic E-state index is 13.1. The highest BCUT2D eigenvalue weighted by Gasteiger charge is 2.14. The fraction of sp³-hybridized carbons (Fsp3) is 0.111. The lowest BCUT2D eigenvalue weighted by Gasteiger charge is -2.11. The average Bonchev–Trinajstić information content (AvgIpc) is 3.17. The Morgan fingerprint density at radius 1 is 0.839 bits per heavy atom. The van der Waals surface area contributed by atoms with Crippen LogP contribution in [-0.2, 0) is 0 Å². The smallest absolute Gasteiger partial charge is 0.256 e. The first kappa shape index (κ1) is 19.1. The van der Waals surface area contributed by atoms with Crippen molar-refractivity contribution >= 4 is 33.5 Å². The van der Waals surface area contributed by atoms with Crippen molar-refractivity contribution in [3.8, 4) is 11.5 Å². The zero-order chi connectivity index (χ0) is 21.5. The summed E-state index contributed by atoms with van der Waals surface area (Å²) in [4.78, 5) is 17.7. The molecule has 4 aromatic carbocycles. The molecule has 0 aliphatic heterocycles. The Hall–Kier alpha value is -3.92. The van der Waals surface area contributed by atoms with Gasteiger partial charge in [0.1, 0.15) is 5.52 Å². The molecule has 0 aliphatic rings. The summed E-state index contributed by atoms with van der Waals surface area (Å²) >= 11 is 0. The van der Waals surface area contributed by atoms with Crippen LogP contribution in [0.1, 0.15) is 27.0 Å². The van der Waals surface area contributed by atoms with Crippen molar-refractivity contribution in [2.45, 2.75) is 20.8 Å². The van der Waals surface area contributed by atoms with Crippen LogP contribution in [0.2, 0.25) is 0 Å². The van der Waals surface area contributed by atoms with Gasteiger partial charge in [0.15, 0.2) is 5.58 Å². The first-order valence-electron chi connectivity index (χ1n) is 10.3. The molecule has 0 radical (unpaired) electrons. The van der Waals surface area contributed by atoms with Crippen molar-refractivity contribution in [3.05, 3.63) is 95.1 Å². The van der Waals surface area contributed by atoms with Gasteiger partial charge in [-0.3, -0.25) is 4.79 Å². The Labute approximate surface area is 180 Å². The summed E-state index contributed by atoms with van der Waals surface area (Å²) in [7, 11) is 0. The van der Waals surface area contributed by atoms with Crippen molar-refractivity contribution in [2.75, 3.05) is 5.32 Å². The third-order valence-electron chi connectivity index (χ3n) is 5.77. The zero-order valence-electron chi connectivity index (χ0n) is 17.7. The molecule has 5 aromatic rings. The van der Waals surface area contributed by atoms with E-state index >= 15 is 0 Å². The van der Waals surface area contributed by atoms with Crippen LogP contribution >= 0.6 is 0 Å². The second-order valence-electron chi connectivity index (χ2n) is 7.93. The number of carbonyl (C=O) groups is 1. The number of rotatable bonds is 3. The molecule has 4 heteroatoms. The Bertz CT molecular complexity index is 1420. The van der Waals surface area contributed by atoms with E-state index < -0.39 is 0 Å². The largest absolute Gasteiger partial charge is 0.436 e. The predicted molar refractivity (Wildman–Crippen MR) is 126 cm³/mol. The van der Waals surface area contributed by atoms with Crippen LogP contribution in [0.25, 0.3) is 33.3 Å². The minimum absolute atomic E-state index is 0.138. The molecule has 1 N–H and O–H groups in total. The van der Waals surface area contributed by atoms with E-state index in [1.165, 1.54) is 11.1 Å². The molecule has 0 atom stereocenters. The quantitative estimate of drug-likeness (QED) is 0.357. The molecule has 1 heterocycles. The minimum Gasteiger partial charge on any atom is -0.436 e. The van der Waals surface area contributed by atoms with Crippen molar-refractivity contribution in [1.82, 2.24) is 4.98 Å². The molecule has 0 saturated carbocycles. The second-order valence-corrected chi connectivity index (χ2v) is 7.93. The second kappa shape index (κ2) is 7.40. The van der Waals surface area contributed by atoms with E-state index in [1.54, 1.807) is 0 Å². The number of carbonyl (C=O) groups excluding carboxylic acids is 1. The Morgan fingerprint density at radius 3 is 2.48 bits per heavy atom. The highest BCUT2D eigenvalue weighted by Crippen LogP contribution is 2.30. The van der Waals surface area contributed by atoms with Gasteiger partial charge >= 0.3 is 0 Å². The number of fused-ring (bicyclic) bond motifs is 2. The van der Waals surface area contributed by atoms with Gasteiger partial charge in [-0.15, -0.1) is 0 Å². The molecule has 152 valence electrons. The molecule has 4 nitrogen and oxygen atoms in total. The molecule has 1 aromatic heterocycles.